The second kappa shape index (κ2) is 8.27. The zero-order valence-electron chi connectivity index (χ0n) is 15.9. The number of ether oxygens (including phenoxy) is 1. The number of aromatic nitrogens is 2. The van der Waals surface area contributed by atoms with E-state index in [4.69, 9.17) is 9.72 Å². The SMILES string of the molecule is CCc1sc2nc(SCCC(C)=O)n(-c3cccc(OC)c3)c(=O)c2c1C. The zero-order valence-corrected chi connectivity index (χ0v) is 17.5. The van der Waals surface area contributed by atoms with Crippen molar-refractivity contribution in [3.05, 3.63) is 45.1 Å². The molecule has 3 rings (SSSR count). The van der Waals surface area contributed by atoms with Crippen LogP contribution in [0, 0.1) is 6.92 Å². The van der Waals surface area contributed by atoms with Crippen molar-refractivity contribution in [1.82, 2.24) is 9.55 Å². The quantitative estimate of drug-likeness (QED) is 0.433. The molecule has 7 heteroatoms. The number of methoxy groups -OCH3 is 1. The van der Waals surface area contributed by atoms with Gasteiger partial charge in [-0.3, -0.25) is 14.2 Å². The Morgan fingerprint density at radius 1 is 1.37 bits per heavy atom. The molecule has 1 aromatic carbocycles. The predicted octanol–water partition coefficient (Wildman–Crippen LogP) is 4.40. The second-order valence-corrected chi connectivity index (χ2v) is 8.37. The summed E-state index contributed by atoms with van der Waals surface area (Å²) in [5.74, 6) is 1.39. The van der Waals surface area contributed by atoms with Crippen LogP contribution in [-0.2, 0) is 11.2 Å². The Hall–Kier alpha value is -2.12. The van der Waals surface area contributed by atoms with E-state index in [1.54, 1.807) is 29.9 Å². The predicted molar refractivity (Wildman–Crippen MR) is 112 cm³/mol. The average molecular weight is 403 g/mol. The molecule has 3 aromatic rings. The Balaban J connectivity index is 2.23. The number of thioether (sulfide) groups is 1. The lowest BCUT2D eigenvalue weighted by Gasteiger charge is -2.13. The lowest BCUT2D eigenvalue weighted by atomic mass is 10.2. The maximum Gasteiger partial charge on any atom is 0.267 e. The van der Waals surface area contributed by atoms with Gasteiger partial charge in [0.25, 0.3) is 5.56 Å². The fourth-order valence-corrected chi connectivity index (χ4v) is 5.12. The summed E-state index contributed by atoms with van der Waals surface area (Å²) in [6.07, 6.45) is 1.32. The van der Waals surface area contributed by atoms with Gasteiger partial charge in [-0.1, -0.05) is 24.8 Å². The van der Waals surface area contributed by atoms with Crippen molar-refractivity contribution < 1.29 is 9.53 Å². The number of fused-ring (bicyclic) bond motifs is 1. The molecule has 5 nitrogen and oxygen atoms in total. The fraction of sp³-hybridized carbons (Fsp3) is 0.350. The fourth-order valence-electron chi connectivity index (χ4n) is 2.91. The Morgan fingerprint density at radius 3 is 2.81 bits per heavy atom. The van der Waals surface area contributed by atoms with Crippen molar-refractivity contribution in [2.75, 3.05) is 12.9 Å². The van der Waals surface area contributed by atoms with E-state index >= 15 is 0 Å². The second-order valence-electron chi connectivity index (χ2n) is 6.22. The molecule has 0 saturated heterocycles. The van der Waals surface area contributed by atoms with E-state index in [0.717, 1.165) is 16.8 Å². The largest absolute Gasteiger partial charge is 0.497 e. The zero-order chi connectivity index (χ0) is 19.6. The number of aryl methyl sites for hydroxylation is 2. The van der Waals surface area contributed by atoms with Crippen LogP contribution in [0.4, 0.5) is 0 Å². The molecule has 2 aromatic heterocycles. The topological polar surface area (TPSA) is 61.2 Å². The van der Waals surface area contributed by atoms with E-state index in [-0.39, 0.29) is 11.3 Å². The van der Waals surface area contributed by atoms with Crippen LogP contribution in [0.1, 0.15) is 30.7 Å². The van der Waals surface area contributed by atoms with Gasteiger partial charge in [-0.25, -0.2) is 4.98 Å². The highest BCUT2D eigenvalue weighted by Gasteiger charge is 2.19. The van der Waals surface area contributed by atoms with E-state index in [1.807, 2.05) is 31.2 Å². The first-order chi connectivity index (χ1) is 13.0. The number of hydrogen-bond acceptors (Lipinski definition) is 6. The lowest BCUT2D eigenvalue weighted by molar-refractivity contribution is -0.116. The molecule has 2 heterocycles. The summed E-state index contributed by atoms with van der Waals surface area (Å²) in [4.78, 5) is 31.5. The summed E-state index contributed by atoms with van der Waals surface area (Å²) < 4.78 is 6.95. The van der Waals surface area contributed by atoms with Crippen LogP contribution in [0.25, 0.3) is 15.9 Å². The minimum atomic E-state index is -0.0768. The van der Waals surface area contributed by atoms with Crippen molar-refractivity contribution in [3.63, 3.8) is 0 Å². The Morgan fingerprint density at radius 2 is 2.15 bits per heavy atom. The van der Waals surface area contributed by atoms with Gasteiger partial charge in [0.15, 0.2) is 5.16 Å². The molecule has 0 N–H and O–H groups in total. The molecular weight excluding hydrogens is 380 g/mol. The first-order valence-corrected chi connectivity index (χ1v) is 10.6. The summed E-state index contributed by atoms with van der Waals surface area (Å²) >= 11 is 3.01. The van der Waals surface area contributed by atoms with Gasteiger partial charge < -0.3 is 4.74 Å². The number of Topliss-reactive ketones (excluding diaryl/α,β-unsaturated/α-hetero) is 1. The van der Waals surface area contributed by atoms with Crippen LogP contribution in [0.2, 0.25) is 0 Å². The normalized spacial score (nSPS) is 11.1. The molecule has 0 atom stereocenters. The van der Waals surface area contributed by atoms with Crippen LogP contribution in [-0.4, -0.2) is 28.2 Å². The average Bonchev–Trinajstić information content (AvgIpc) is 2.97. The summed E-state index contributed by atoms with van der Waals surface area (Å²) in [5, 5.41) is 1.28. The van der Waals surface area contributed by atoms with E-state index in [9.17, 15) is 9.59 Å². The highest BCUT2D eigenvalue weighted by molar-refractivity contribution is 7.99. The molecule has 0 amide bonds. The third-order valence-corrected chi connectivity index (χ3v) is 6.62. The van der Waals surface area contributed by atoms with Crippen molar-refractivity contribution in [2.24, 2.45) is 0 Å². The van der Waals surface area contributed by atoms with Gasteiger partial charge >= 0.3 is 0 Å². The molecule has 0 unspecified atom stereocenters. The number of carbonyl (C=O) groups excluding carboxylic acids is 1. The third-order valence-electron chi connectivity index (χ3n) is 4.35. The number of hydrogen-bond donors (Lipinski definition) is 0. The minimum absolute atomic E-state index is 0.0768. The maximum absolute atomic E-state index is 13.4. The first-order valence-electron chi connectivity index (χ1n) is 8.78. The van der Waals surface area contributed by atoms with E-state index in [0.29, 0.717) is 34.2 Å². The molecule has 142 valence electrons. The number of thiophene rings is 1. The van der Waals surface area contributed by atoms with Gasteiger partial charge in [-0.2, -0.15) is 0 Å². The molecule has 0 saturated carbocycles. The van der Waals surface area contributed by atoms with Gasteiger partial charge in [0.1, 0.15) is 16.4 Å². The van der Waals surface area contributed by atoms with Crippen molar-refractivity contribution >= 4 is 39.1 Å². The molecule has 0 spiro atoms. The molecule has 0 aliphatic carbocycles. The van der Waals surface area contributed by atoms with Crippen LogP contribution in [0.5, 0.6) is 5.75 Å². The minimum Gasteiger partial charge on any atom is -0.497 e. The van der Waals surface area contributed by atoms with E-state index in [1.165, 1.54) is 16.6 Å². The molecular formula is C20H22N2O3S2. The van der Waals surface area contributed by atoms with Crippen molar-refractivity contribution in [1.29, 1.82) is 0 Å². The maximum atomic E-state index is 13.4. The summed E-state index contributed by atoms with van der Waals surface area (Å²) in [7, 11) is 1.60. The van der Waals surface area contributed by atoms with Gasteiger partial charge in [0.2, 0.25) is 0 Å². The number of carbonyl (C=O) groups is 1. The lowest BCUT2D eigenvalue weighted by Crippen LogP contribution is -2.21. The van der Waals surface area contributed by atoms with Gasteiger partial charge in [-0.05, 0) is 38.0 Å². The molecule has 0 aliphatic rings. The van der Waals surface area contributed by atoms with E-state index < -0.39 is 0 Å². The number of rotatable bonds is 7. The Labute approximate surface area is 166 Å². The third kappa shape index (κ3) is 3.94. The summed E-state index contributed by atoms with van der Waals surface area (Å²) in [5.41, 5.74) is 1.64. The van der Waals surface area contributed by atoms with Crippen LogP contribution in [0.3, 0.4) is 0 Å². The molecule has 27 heavy (non-hydrogen) atoms. The standard InChI is InChI=1S/C20H22N2O3S2/c1-5-16-13(3)17-18(27-16)21-20(26-10-9-12(2)23)22(19(17)24)14-7-6-8-15(11-14)25-4/h6-8,11H,5,9-10H2,1-4H3. The Kier molecular flexibility index (Phi) is 6.01. The molecule has 0 radical (unpaired) electrons. The summed E-state index contributed by atoms with van der Waals surface area (Å²) in [6, 6.07) is 7.39. The number of benzene rings is 1. The van der Waals surface area contributed by atoms with Gasteiger partial charge in [0.05, 0.1) is 18.2 Å². The number of nitrogens with zero attached hydrogens (tertiary/aromatic N) is 2. The van der Waals surface area contributed by atoms with Crippen LogP contribution < -0.4 is 10.3 Å². The molecule has 0 bridgehead atoms. The first kappa shape index (κ1) is 19.6. The molecule has 0 fully saturated rings. The van der Waals surface area contributed by atoms with Crippen molar-refractivity contribution in [3.8, 4) is 11.4 Å². The van der Waals surface area contributed by atoms with Crippen LogP contribution in [0.15, 0.2) is 34.2 Å². The van der Waals surface area contributed by atoms with E-state index in [2.05, 4.69) is 6.92 Å². The van der Waals surface area contributed by atoms with Crippen molar-refractivity contribution in [2.45, 2.75) is 38.8 Å². The highest BCUT2D eigenvalue weighted by atomic mass is 32.2. The monoisotopic (exact) mass is 402 g/mol. The summed E-state index contributed by atoms with van der Waals surface area (Å²) in [6.45, 7) is 5.64. The van der Waals surface area contributed by atoms with Crippen LogP contribution >= 0.6 is 23.1 Å². The number of ketones is 1. The molecule has 0 aliphatic heterocycles. The smallest absolute Gasteiger partial charge is 0.267 e. The Bertz CT molecular complexity index is 1050. The highest BCUT2D eigenvalue weighted by Crippen LogP contribution is 2.31. The van der Waals surface area contributed by atoms with Gasteiger partial charge in [-0.15, -0.1) is 11.3 Å². The van der Waals surface area contributed by atoms with Gasteiger partial charge in [0, 0.05) is 23.1 Å².